The predicted molar refractivity (Wildman–Crippen MR) is 66.1 cm³/mol. The smallest absolute Gasteiger partial charge is 0.433 e. The lowest BCUT2D eigenvalue weighted by Gasteiger charge is -2.37. The van der Waals surface area contributed by atoms with Crippen molar-refractivity contribution in [3.05, 3.63) is 41.9 Å². The lowest BCUT2D eigenvalue weighted by Crippen LogP contribution is -2.56. The number of ether oxygens (including phenoxy) is 1. The van der Waals surface area contributed by atoms with Crippen LogP contribution in [0.5, 0.6) is 5.88 Å². The van der Waals surface area contributed by atoms with Gasteiger partial charge < -0.3 is 14.2 Å². The van der Waals surface area contributed by atoms with Crippen molar-refractivity contribution in [3.8, 4) is 5.88 Å². The van der Waals surface area contributed by atoms with Crippen molar-refractivity contribution >= 4 is 5.91 Å². The molecular formula is C13H10F3N3O3. The molecule has 0 aliphatic carbocycles. The molecule has 2 aromatic heterocycles. The maximum atomic E-state index is 12.5. The Morgan fingerprint density at radius 3 is 2.73 bits per heavy atom. The van der Waals surface area contributed by atoms with Gasteiger partial charge in [0.2, 0.25) is 11.6 Å². The monoisotopic (exact) mass is 313 g/mol. The van der Waals surface area contributed by atoms with E-state index in [0.29, 0.717) is 0 Å². The first kappa shape index (κ1) is 14.4. The fourth-order valence-corrected chi connectivity index (χ4v) is 1.97. The highest BCUT2D eigenvalue weighted by molar-refractivity contribution is 5.91. The third kappa shape index (κ3) is 2.87. The molecule has 22 heavy (non-hydrogen) atoms. The Morgan fingerprint density at radius 1 is 1.32 bits per heavy atom. The zero-order valence-corrected chi connectivity index (χ0v) is 11.1. The highest BCUT2D eigenvalue weighted by atomic mass is 19.4. The minimum absolute atomic E-state index is 0.107. The van der Waals surface area contributed by atoms with Gasteiger partial charge in [0.15, 0.2) is 0 Å². The molecule has 0 radical (unpaired) electrons. The van der Waals surface area contributed by atoms with Crippen LogP contribution in [0.1, 0.15) is 16.2 Å². The molecule has 0 unspecified atom stereocenters. The number of pyridine rings is 1. The molecule has 1 saturated heterocycles. The average Bonchev–Trinajstić information content (AvgIpc) is 2.95. The highest BCUT2D eigenvalue weighted by Crippen LogP contribution is 2.29. The molecule has 0 saturated carbocycles. The van der Waals surface area contributed by atoms with Gasteiger partial charge >= 0.3 is 6.18 Å². The van der Waals surface area contributed by atoms with Crippen LogP contribution in [-0.2, 0) is 6.18 Å². The van der Waals surface area contributed by atoms with Crippen LogP contribution in [0, 0.1) is 0 Å². The van der Waals surface area contributed by atoms with E-state index in [4.69, 9.17) is 9.26 Å². The quantitative estimate of drug-likeness (QED) is 0.867. The maximum absolute atomic E-state index is 12.5. The van der Waals surface area contributed by atoms with E-state index >= 15 is 0 Å². The van der Waals surface area contributed by atoms with Crippen molar-refractivity contribution in [1.82, 2.24) is 15.0 Å². The molecule has 1 aliphatic rings. The molecule has 0 N–H and O–H groups in total. The van der Waals surface area contributed by atoms with E-state index in [1.165, 1.54) is 29.3 Å². The van der Waals surface area contributed by atoms with Crippen molar-refractivity contribution in [3.63, 3.8) is 0 Å². The second-order valence-electron chi connectivity index (χ2n) is 4.69. The zero-order chi connectivity index (χ0) is 15.7. The summed E-state index contributed by atoms with van der Waals surface area (Å²) in [6, 6.07) is 4.87. The van der Waals surface area contributed by atoms with Crippen molar-refractivity contribution in [2.75, 3.05) is 13.1 Å². The zero-order valence-electron chi connectivity index (χ0n) is 11.1. The number of amides is 1. The Morgan fingerprint density at radius 2 is 2.09 bits per heavy atom. The Hall–Kier alpha value is -2.58. The highest BCUT2D eigenvalue weighted by Gasteiger charge is 2.36. The summed E-state index contributed by atoms with van der Waals surface area (Å²) in [5.41, 5.74) is -1.01. The number of aromatic nitrogens is 2. The summed E-state index contributed by atoms with van der Waals surface area (Å²) in [5.74, 6) is -0.350. The Balaban J connectivity index is 1.57. The summed E-state index contributed by atoms with van der Waals surface area (Å²) in [5, 5.41) is 3.43. The molecule has 116 valence electrons. The topological polar surface area (TPSA) is 68.5 Å². The molecule has 2 aromatic rings. The first-order chi connectivity index (χ1) is 10.4. The SMILES string of the molecule is O=C(c1ccno1)N1CC(Oc2cccc(C(F)(F)F)n2)C1. The number of carbonyl (C=O) groups is 1. The minimum atomic E-state index is -4.52. The molecule has 3 rings (SSSR count). The number of carbonyl (C=O) groups excluding carboxylic acids is 1. The molecule has 3 heterocycles. The van der Waals surface area contributed by atoms with Gasteiger partial charge in [-0.25, -0.2) is 4.98 Å². The predicted octanol–water partition coefficient (Wildman–Crippen LogP) is 1.99. The average molecular weight is 313 g/mol. The number of rotatable bonds is 3. The van der Waals surface area contributed by atoms with E-state index in [1.807, 2.05) is 0 Å². The van der Waals surface area contributed by atoms with Gasteiger partial charge in [0.1, 0.15) is 11.8 Å². The standard InChI is InChI=1S/C13H10F3N3O3/c14-13(15,16)10-2-1-3-11(18-10)21-8-6-19(7-8)12(20)9-4-5-17-22-9/h1-5,8H,6-7H2. The Labute approximate surface area is 122 Å². The first-order valence-corrected chi connectivity index (χ1v) is 6.34. The van der Waals surface area contributed by atoms with Crippen LogP contribution in [0.3, 0.4) is 0 Å². The third-order valence-corrected chi connectivity index (χ3v) is 3.09. The Bertz CT molecular complexity index is 667. The molecule has 0 spiro atoms. The fraction of sp³-hybridized carbons (Fsp3) is 0.308. The molecule has 1 fully saturated rings. The van der Waals surface area contributed by atoms with Crippen LogP contribution < -0.4 is 4.74 Å². The van der Waals surface area contributed by atoms with Crippen LogP contribution in [0.2, 0.25) is 0 Å². The van der Waals surface area contributed by atoms with Crippen molar-refractivity contribution < 1.29 is 27.2 Å². The lowest BCUT2D eigenvalue weighted by atomic mass is 10.1. The molecule has 1 amide bonds. The summed E-state index contributed by atoms with van der Waals surface area (Å²) in [7, 11) is 0. The summed E-state index contributed by atoms with van der Waals surface area (Å²) in [4.78, 5) is 16.7. The summed E-state index contributed by atoms with van der Waals surface area (Å²) < 4.78 is 47.7. The molecule has 1 aliphatic heterocycles. The molecule has 9 heteroatoms. The summed E-state index contributed by atoms with van der Waals surface area (Å²) >= 11 is 0. The summed E-state index contributed by atoms with van der Waals surface area (Å²) in [6.45, 7) is 0.495. The number of hydrogen-bond donors (Lipinski definition) is 0. The van der Waals surface area contributed by atoms with Gasteiger partial charge in [0, 0.05) is 12.1 Å². The number of alkyl halides is 3. The van der Waals surface area contributed by atoms with Gasteiger partial charge in [0.05, 0.1) is 19.3 Å². The van der Waals surface area contributed by atoms with Gasteiger partial charge in [-0.3, -0.25) is 4.79 Å². The normalized spacial score (nSPS) is 15.5. The van der Waals surface area contributed by atoms with Crippen LogP contribution in [0.15, 0.2) is 35.0 Å². The summed E-state index contributed by atoms with van der Waals surface area (Å²) in [6.07, 6.45) is -3.57. The first-order valence-electron chi connectivity index (χ1n) is 6.34. The Kier molecular flexibility index (Phi) is 3.47. The van der Waals surface area contributed by atoms with Crippen LogP contribution in [0.25, 0.3) is 0 Å². The van der Waals surface area contributed by atoms with E-state index in [9.17, 15) is 18.0 Å². The number of hydrogen-bond acceptors (Lipinski definition) is 5. The van der Waals surface area contributed by atoms with Gasteiger partial charge in [-0.1, -0.05) is 11.2 Å². The molecule has 0 atom stereocenters. The molecule has 6 nitrogen and oxygen atoms in total. The van der Waals surface area contributed by atoms with E-state index in [0.717, 1.165) is 6.07 Å². The van der Waals surface area contributed by atoms with Gasteiger partial charge in [-0.05, 0) is 6.07 Å². The number of halogens is 3. The fourth-order valence-electron chi connectivity index (χ4n) is 1.97. The molecule has 0 aromatic carbocycles. The van der Waals surface area contributed by atoms with Crippen LogP contribution >= 0.6 is 0 Å². The van der Waals surface area contributed by atoms with E-state index in [2.05, 4.69) is 10.1 Å². The second-order valence-corrected chi connectivity index (χ2v) is 4.69. The third-order valence-electron chi connectivity index (χ3n) is 3.09. The van der Waals surface area contributed by atoms with Gasteiger partial charge in [-0.15, -0.1) is 0 Å². The van der Waals surface area contributed by atoms with Gasteiger partial charge in [0.25, 0.3) is 5.91 Å². The lowest BCUT2D eigenvalue weighted by molar-refractivity contribution is -0.141. The minimum Gasteiger partial charge on any atom is -0.471 e. The van der Waals surface area contributed by atoms with Crippen molar-refractivity contribution in [2.24, 2.45) is 0 Å². The molecular weight excluding hydrogens is 303 g/mol. The maximum Gasteiger partial charge on any atom is 0.433 e. The van der Waals surface area contributed by atoms with Crippen LogP contribution in [0.4, 0.5) is 13.2 Å². The van der Waals surface area contributed by atoms with E-state index < -0.39 is 18.0 Å². The number of nitrogens with zero attached hydrogens (tertiary/aromatic N) is 3. The van der Waals surface area contributed by atoms with Crippen molar-refractivity contribution in [1.29, 1.82) is 0 Å². The second kappa shape index (κ2) is 5.32. The van der Waals surface area contributed by atoms with Crippen LogP contribution in [-0.4, -0.2) is 40.1 Å². The van der Waals surface area contributed by atoms with Crippen molar-refractivity contribution in [2.45, 2.75) is 12.3 Å². The van der Waals surface area contributed by atoms with E-state index in [1.54, 1.807) is 0 Å². The van der Waals surface area contributed by atoms with E-state index in [-0.39, 0.29) is 30.6 Å². The molecule has 0 bridgehead atoms. The number of likely N-dealkylation sites (tertiary alicyclic amines) is 1. The largest absolute Gasteiger partial charge is 0.471 e. The van der Waals surface area contributed by atoms with Gasteiger partial charge in [-0.2, -0.15) is 13.2 Å².